The van der Waals surface area contributed by atoms with Crippen LogP contribution in [-0.4, -0.2) is 28.2 Å². The van der Waals surface area contributed by atoms with Crippen LogP contribution in [0.2, 0.25) is 0 Å². The maximum absolute atomic E-state index is 12.3. The fourth-order valence-electron chi connectivity index (χ4n) is 2.29. The molecule has 1 aromatic rings. The number of ether oxygens (including phenoxy) is 1. The van der Waals surface area contributed by atoms with E-state index in [9.17, 15) is 8.42 Å². The van der Waals surface area contributed by atoms with Gasteiger partial charge >= 0.3 is 0 Å². The zero-order chi connectivity index (χ0) is 13.9. The molecule has 6 heteroatoms. The molecule has 1 saturated heterocycles. The summed E-state index contributed by atoms with van der Waals surface area (Å²) in [6, 6.07) is 5.11. The largest absolute Gasteiger partial charge is 0.398 e. The van der Waals surface area contributed by atoms with Crippen LogP contribution in [0.5, 0.6) is 0 Å². The molecule has 0 spiro atoms. The summed E-state index contributed by atoms with van der Waals surface area (Å²) in [5.41, 5.74) is 6.73. The van der Waals surface area contributed by atoms with Gasteiger partial charge in [-0.25, -0.2) is 13.1 Å². The van der Waals surface area contributed by atoms with Gasteiger partial charge in [-0.2, -0.15) is 0 Å². The first kappa shape index (κ1) is 14.3. The van der Waals surface area contributed by atoms with Gasteiger partial charge in [0, 0.05) is 19.8 Å². The van der Waals surface area contributed by atoms with Crippen LogP contribution in [0.1, 0.15) is 18.4 Å². The smallest absolute Gasteiger partial charge is 0.242 e. The maximum Gasteiger partial charge on any atom is 0.242 e. The molecule has 5 nitrogen and oxygen atoms in total. The molecule has 0 aliphatic carbocycles. The zero-order valence-electron chi connectivity index (χ0n) is 11.1. The van der Waals surface area contributed by atoms with Crippen molar-refractivity contribution in [2.75, 3.05) is 25.5 Å². The number of nitrogens with two attached hydrogens (primary N) is 1. The highest BCUT2D eigenvalue weighted by Crippen LogP contribution is 2.22. The topological polar surface area (TPSA) is 81.4 Å². The number of nitrogens with one attached hydrogen (secondary N) is 1. The van der Waals surface area contributed by atoms with Crippen LogP contribution < -0.4 is 10.5 Å². The van der Waals surface area contributed by atoms with Crippen LogP contribution >= 0.6 is 0 Å². The molecule has 1 heterocycles. The Morgan fingerprint density at radius 1 is 1.37 bits per heavy atom. The molecule has 0 radical (unpaired) electrons. The monoisotopic (exact) mass is 284 g/mol. The standard InChI is InChI=1S/C13H20N2O3S/c1-10-3-2-4-12(14)13(10)19(16,17)15-9-11-5-7-18-8-6-11/h2-4,11,15H,5-9,14H2,1H3. The number of hydrogen-bond acceptors (Lipinski definition) is 4. The highest BCUT2D eigenvalue weighted by Gasteiger charge is 2.22. The first-order chi connectivity index (χ1) is 9.00. The molecule has 19 heavy (non-hydrogen) atoms. The van der Waals surface area contributed by atoms with Gasteiger partial charge in [0.1, 0.15) is 4.90 Å². The van der Waals surface area contributed by atoms with Crippen molar-refractivity contribution in [3.05, 3.63) is 23.8 Å². The summed E-state index contributed by atoms with van der Waals surface area (Å²) in [6.45, 7) is 3.61. The normalized spacial score (nSPS) is 17.5. The van der Waals surface area contributed by atoms with Crippen molar-refractivity contribution in [2.45, 2.75) is 24.7 Å². The summed E-state index contributed by atoms with van der Waals surface area (Å²) in [4.78, 5) is 0.196. The van der Waals surface area contributed by atoms with Crippen LogP contribution in [0.15, 0.2) is 23.1 Å². The second kappa shape index (κ2) is 5.90. The number of anilines is 1. The predicted molar refractivity (Wildman–Crippen MR) is 74.3 cm³/mol. The van der Waals surface area contributed by atoms with Gasteiger partial charge in [-0.05, 0) is 37.3 Å². The van der Waals surface area contributed by atoms with Gasteiger partial charge < -0.3 is 10.5 Å². The van der Waals surface area contributed by atoms with E-state index < -0.39 is 10.0 Å². The molecule has 1 aromatic carbocycles. The second-order valence-corrected chi connectivity index (χ2v) is 6.60. The summed E-state index contributed by atoms with van der Waals surface area (Å²) in [5.74, 6) is 0.341. The van der Waals surface area contributed by atoms with Crippen molar-refractivity contribution >= 4 is 15.7 Å². The quantitative estimate of drug-likeness (QED) is 0.816. The lowest BCUT2D eigenvalue weighted by molar-refractivity contribution is 0.0678. The van der Waals surface area contributed by atoms with E-state index in [0.717, 1.165) is 12.8 Å². The predicted octanol–water partition coefficient (Wildman–Crippen LogP) is 1.28. The molecule has 1 aliphatic heterocycles. The summed E-state index contributed by atoms with van der Waals surface area (Å²) in [6.07, 6.45) is 1.79. The lowest BCUT2D eigenvalue weighted by Gasteiger charge is -2.22. The highest BCUT2D eigenvalue weighted by atomic mass is 32.2. The van der Waals surface area contributed by atoms with E-state index in [1.54, 1.807) is 25.1 Å². The summed E-state index contributed by atoms with van der Waals surface area (Å²) in [5, 5.41) is 0. The van der Waals surface area contributed by atoms with Gasteiger partial charge in [0.25, 0.3) is 0 Å². The lowest BCUT2D eigenvalue weighted by atomic mass is 10.0. The van der Waals surface area contributed by atoms with Crippen LogP contribution in [-0.2, 0) is 14.8 Å². The van der Waals surface area contributed by atoms with E-state index in [4.69, 9.17) is 10.5 Å². The number of sulfonamides is 1. The minimum atomic E-state index is -3.54. The van der Waals surface area contributed by atoms with Crippen molar-refractivity contribution in [1.82, 2.24) is 4.72 Å². The molecule has 3 N–H and O–H groups in total. The Labute approximate surface area is 114 Å². The minimum absolute atomic E-state index is 0.196. The van der Waals surface area contributed by atoms with Crippen molar-refractivity contribution in [2.24, 2.45) is 5.92 Å². The van der Waals surface area contributed by atoms with Gasteiger partial charge in [-0.3, -0.25) is 0 Å². The molecular formula is C13H20N2O3S. The molecule has 1 aliphatic rings. The molecule has 0 saturated carbocycles. The van der Waals surface area contributed by atoms with Crippen molar-refractivity contribution < 1.29 is 13.2 Å². The van der Waals surface area contributed by atoms with E-state index >= 15 is 0 Å². The Kier molecular flexibility index (Phi) is 4.44. The van der Waals surface area contributed by atoms with E-state index in [0.29, 0.717) is 36.9 Å². The number of hydrogen-bond donors (Lipinski definition) is 2. The average Bonchev–Trinajstić information content (AvgIpc) is 2.37. The molecule has 1 fully saturated rings. The Morgan fingerprint density at radius 2 is 2.05 bits per heavy atom. The second-order valence-electron chi connectivity index (χ2n) is 4.90. The average molecular weight is 284 g/mol. The molecule has 0 amide bonds. The third-order valence-corrected chi connectivity index (χ3v) is 5.06. The third-order valence-electron chi connectivity index (χ3n) is 3.41. The summed E-state index contributed by atoms with van der Waals surface area (Å²) < 4.78 is 32.5. The van der Waals surface area contributed by atoms with Crippen molar-refractivity contribution in [3.8, 4) is 0 Å². The van der Waals surface area contributed by atoms with Gasteiger partial charge in [0.2, 0.25) is 10.0 Å². The van der Waals surface area contributed by atoms with Crippen LogP contribution in [0.4, 0.5) is 5.69 Å². The molecule has 0 bridgehead atoms. The Hall–Kier alpha value is -1.11. The molecule has 106 valence electrons. The molecule has 0 unspecified atom stereocenters. The lowest BCUT2D eigenvalue weighted by Crippen LogP contribution is -2.32. The number of benzene rings is 1. The Morgan fingerprint density at radius 3 is 2.68 bits per heavy atom. The fourth-order valence-corrected chi connectivity index (χ4v) is 3.76. The number of aryl methyl sites for hydroxylation is 1. The maximum atomic E-state index is 12.3. The van der Waals surface area contributed by atoms with Gasteiger partial charge in [-0.15, -0.1) is 0 Å². The first-order valence-electron chi connectivity index (χ1n) is 6.43. The number of nitrogen functional groups attached to an aromatic ring is 1. The van der Waals surface area contributed by atoms with Gasteiger partial charge in [0.15, 0.2) is 0 Å². The van der Waals surface area contributed by atoms with Gasteiger partial charge in [0.05, 0.1) is 5.69 Å². The third kappa shape index (κ3) is 3.46. The number of rotatable bonds is 4. The van der Waals surface area contributed by atoms with Crippen molar-refractivity contribution in [1.29, 1.82) is 0 Å². The van der Waals surface area contributed by atoms with Gasteiger partial charge in [-0.1, -0.05) is 12.1 Å². The van der Waals surface area contributed by atoms with Crippen LogP contribution in [0, 0.1) is 12.8 Å². The van der Waals surface area contributed by atoms with E-state index in [1.165, 1.54) is 0 Å². The molecule has 2 rings (SSSR count). The summed E-state index contributed by atoms with van der Waals surface area (Å²) in [7, 11) is -3.54. The Bertz CT molecular complexity index is 517. The SMILES string of the molecule is Cc1cccc(N)c1S(=O)(=O)NCC1CCOCC1. The fraction of sp³-hybridized carbons (Fsp3) is 0.538. The van der Waals surface area contributed by atoms with Crippen molar-refractivity contribution in [3.63, 3.8) is 0 Å². The van der Waals surface area contributed by atoms with E-state index in [-0.39, 0.29) is 4.90 Å². The van der Waals surface area contributed by atoms with Crippen LogP contribution in [0.3, 0.4) is 0 Å². The highest BCUT2D eigenvalue weighted by molar-refractivity contribution is 7.89. The molecule has 0 aromatic heterocycles. The molecule has 0 atom stereocenters. The minimum Gasteiger partial charge on any atom is -0.398 e. The molecular weight excluding hydrogens is 264 g/mol. The summed E-state index contributed by atoms with van der Waals surface area (Å²) >= 11 is 0. The van der Waals surface area contributed by atoms with E-state index in [1.807, 2.05) is 0 Å². The van der Waals surface area contributed by atoms with Crippen LogP contribution in [0.25, 0.3) is 0 Å². The zero-order valence-corrected chi connectivity index (χ0v) is 11.9. The Balaban J connectivity index is 2.09. The first-order valence-corrected chi connectivity index (χ1v) is 7.91. The van der Waals surface area contributed by atoms with E-state index in [2.05, 4.69) is 4.72 Å².